The van der Waals surface area contributed by atoms with Gasteiger partial charge in [-0.15, -0.1) is 0 Å². The van der Waals surface area contributed by atoms with Gasteiger partial charge in [0.25, 0.3) is 0 Å². The lowest BCUT2D eigenvalue weighted by Gasteiger charge is -2.10. The zero-order valence-electron chi connectivity index (χ0n) is 11.9. The summed E-state index contributed by atoms with van der Waals surface area (Å²) in [5, 5.41) is 8.97. The van der Waals surface area contributed by atoms with Crippen molar-refractivity contribution in [2.45, 2.75) is 17.6 Å². The van der Waals surface area contributed by atoms with E-state index in [0.29, 0.717) is 21.9 Å². The van der Waals surface area contributed by atoms with E-state index in [1.807, 2.05) is 13.0 Å². The number of nitrogens with zero attached hydrogens (tertiary/aromatic N) is 1. The summed E-state index contributed by atoms with van der Waals surface area (Å²) in [6, 6.07) is 12.5. The molecule has 2 rings (SSSR count). The maximum atomic E-state index is 12.6. The molecule has 108 valence electrons. The Bertz CT molecular complexity index is 736. The summed E-state index contributed by atoms with van der Waals surface area (Å²) >= 11 is 0. The maximum Gasteiger partial charge on any atom is 0.123 e. The molecule has 0 aliphatic carbocycles. The van der Waals surface area contributed by atoms with Gasteiger partial charge in [-0.2, -0.15) is 5.26 Å². The minimum Gasteiger partial charge on any atom is -0.496 e. The van der Waals surface area contributed by atoms with Crippen LogP contribution in [-0.4, -0.2) is 11.3 Å². The van der Waals surface area contributed by atoms with Crippen molar-refractivity contribution in [2.75, 3.05) is 12.8 Å². The molecule has 0 bridgehead atoms. The number of methoxy groups -OCH3 is 1. The Hall–Kier alpha value is -2.32. The fourth-order valence-corrected chi connectivity index (χ4v) is 3.40. The highest BCUT2D eigenvalue weighted by molar-refractivity contribution is 7.84. The number of benzene rings is 2. The lowest BCUT2D eigenvalue weighted by molar-refractivity contribution is 0.411. The molecule has 1 atom stereocenters. The quantitative estimate of drug-likeness (QED) is 0.881. The smallest absolute Gasteiger partial charge is 0.123 e. The number of hydrogen-bond donors (Lipinski definition) is 1. The van der Waals surface area contributed by atoms with E-state index in [1.165, 1.54) is 0 Å². The van der Waals surface area contributed by atoms with E-state index in [9.17, 15) is 4.21 Å². The highest BCUT2D eigenvalue weighted by Gasteiger charge is 2.13. The fourth-order valence-electron chi connectivity index (χ4n) is 2.04. The first-order chi connectivity index (χ1) is 10.0. The standard InChI is InChI=1S/C16H16N2O2S/c1-11-3-5-14(18)8-16(11)21(19)10-13-7-12(9-17)4-6-15(13)20-2/h3-8H,10,18H2,1-2H3. The number of aryl methyl sites for hydroxylation is 1. The van der Waals surface area contributed by atoms with Gasteiger partial charge in [0.15, 0.2) is 0 Å². The number of hydrogen-bond acceptors (Lipinski definition) is 4. The van der Waals surface area contributed by atoms with E-state index in [0.717, 1.165) is 11.1 Å². The van der Waals surface area contributed by atoms with Crippen LogP contribution in [-0.2, 0) is 16.6 Å². The van der Waals surface area contributed by atoms with Gasteiger partial charge in [0, 0.05) is 16.1 Å². The van der Waals surface area contributed by atoms with Crippen LogP contribution in [0.1, 0.15) is 16.7 Å². The van der Waals surface area contributed by atoms with Crippen molar-refractivity contribution in [3.8, 4) is 11.8 Å². The molecule has 0 aliphatic heterocycles. The Kier molecular flexibility index (Phi) is 4.61. The minimum absolute atomic E-state index is 0.281. The van der Waals surface area contributed by atoms with Crippen LogP contribution in [0.4, 0.5) is 5.69 Å². The second-order valence-corrected chi connectivity index (χ2v) is 6.07. The van der Waals surface area contributed by atoms with Gasteiger partial charge in [0.2, 0.25) is 0 Å². The average molecular weight is 300 g/mol. The van der Waals surface area contributed by atoms with E-state index in [4.69, 9.17) is 15.7 Å². The fraction of sp³-hybridized carbons (Fsp3) is 0.188. The second kappa shape index (κ2) is 6.42. The van der Waals surface area contributed by atoms with Crippen molar-refractivity contribution < 1.29 is 8.95 Å². The topological polar surface area (TPSA) is 76.1 Å². The Morgan fingerprint density at radius 2 is 2.05 bits per heavy atom. The van der Waals surface area contributed by atoms with Crippen LogP contribution in [0.5, 0.6) is 5.75 Å². The Balaban J connectivity index is 2.35. The Morgan fingerprint density at radius 1 is 1.29 bits per heavy atom. The van der Waals surface area contributed by atoms with Crippen molar-refractivity contribution in [3.05, 3.63) is 53.1 Å². The predicted molar refractivity (Wildman–Crippen MR) is 83.4 cm³/mol. The third-order valence-electron chi connectivity index (χ3n) is 3.15. The molecule has 2 aromatic rings. The minimum atomic E-state index is -1.25. The zero-order chi connectivity index (χ0) is 15.4. The van der Waals surface area contributed by atoms with Gasteiger partial charge < -0.3 is 10.5 Å². The molecular weight excluding hydrogens is 284 g/mol. The molecule has 2 aromatic carbocycles. The van der Waals surface area contributed by atoms with Gasteiger partial charge in [-0.25, -0.2) is 0 Å². The molecule has 2 N–H and O–H groups in total. The van der Waals surface area contributed by atoms with Crippen molar-refractivity contribution in [2.24, 2.45) is 0 Å². The SMILES string of the molecule is COc1ccc(C#N)cc1CS(=O)c1cc(N)ccc1C. The van der Waals surface area contributed by atoms with Crippen LogP contribution in [0, 0.1) is 18.3 Å². The van der Waals surface area contributed by atoms with Crippen LogP contribution >= 0.6 is 0 Å². The number of nitrogen functional groups attached to an aromatic ring is 1. The molecule has 0 heterocycles. The monoisotopic (exact) mass is 300 g/mol. The van der Waals surface area contributed by atoms with E-state index in [2.05, 4.69) is 6.07 Å². The van der Waals surface area contributed by atoms with E-state index >= 15 is 0 Å². The molecular formula is C16H16N2O2S. The molecule has 1 unspecified atom stereocenters. The third-order valence-corrected chi connectivity index (χ3v) is 4.66. The number of nitriles is 1. The summed E-state index contributed by atoms with van der Waals surface area (Å²) in [4.78, 5) is 0.708. The summed E-state index contributed by atoms with van der Waals surface area (Å²) < 4.78 is 17.8. The number of anilines is 1. The molecule has 0 aromatic heterocycles. The molecule has 0 spiro atoms. The molecule has 0 amide bonds. The molecule has 21 heavy (non-hydrogen) atoms. The summed E-state index contributed by atoms with van der Waals surface area (Å²) in [5.74, 6) is 0.909. The molecule has 5 heteroatoms. The van der Waals surface area contributed by atoms with Gasteiger partial charge in [-0.05, 0) is 42.8 Å². The van der Waals surface area contributed by atoms with E-state index < -0.39 is 10.8 Å². The summed E-state index contributed by atoms with van der Waals surface area (Å²) in [5.41, 5.74) is 8.54. The van der Waals surface area contributed by atoms with E-state index in [-0.39, 0.29) is 5.75 Å². The number of ether oxygens (including phenoxy) is 1. The highest BCUT2D eigenvalue weighted by Crippen LogP contribution is 2.25. The lowest BCUT2D eigenvalue weighted by Crippen LogP contribution is -2.02. The van der Waals surface area contributed by atoms with Crippen molar-refractivity contribution >= 4 is 16.5 Å². The van der Waals surface area contributed by atoms with Crippen molar-refractivity contribution in [1.82, 2.24) is 0 Å². The molecule has 0 saturated carbocycles. The first kappa shape index (κ1) is 15.1. The van der Waals surface area contributed by atoms with Crippen LogP contribution in [0.3, 0.4) is 0 Å². The van der Waals surface area contributed by atoms with Gasteiger partial charge in [-0.1, -0.05) is 6.07 Å². The molecule has 0 fully saturated rings. The van der Waals surface area contributed by atoms with Gasteiger partial charge in [0.1, 0.15) is 5.75 Å². The van der Waals surface area contributed by atoms with Crippen LogP contribution in [0.15, 0.2) is 41.3 Å². The largest absolute Gasteiger partial charge is 0.496 e. The lowest BCUT2D eigenvalue weighted by atomic mass is 10.1. The normalized spacial score (nSPS) is 11.7. The summed E-state index contributed by atoms with van der Waals surface area (Å²) in [6.07, 6.45) is 0. The molecule has 0 aliphatic rings. The second-order valence-electron chi connectivity index (χ2n) is 4.65. The predicted octanol–water partition coefficient (Wildman–Crippen LogP) is 2.77. The Labute approximate surface area is 126 Å². The molecule has 0 saturated heterocycles. The van der Waals surface area contributed by atoms with Gasteiger partial charge in [0.05, 0.1) is 35.3 Å². The van der Waals surface area contributed by atoms with Crippen LogP contribution < -0.4 is 10.5 Å². The number of nitrogens with two attached hydrogens (primary N) is 1. The van der Waals surface area contributed by atoms with Crippen LogP contribution in [0.2, 0.25) is 0 Å². The molecule has 4 nitrogen and oxygen atoms in total. The van der Waals surface area contributed by atoms with Gasteiger partial charge >= 0.3 is 0 Å². The van der Waals surface area contributed by atoms with E-state index in [1.54, 1.807) is 37.4 Å². The zero-order valence-corrected chi connectivity index (χ0v) is 12.7. The average Bonchev–Trinajstić information content (AvgIpc) is 2.49. The first-order valence-corrected chi connectivity index (χ1v) is 7.68. The first-order valence-electron chi connectivity index (χ1n) is 6.36. The summed E-state index contributed by atoms with van der Waals surface area (Å²) in [6.45, 7) is 1.90. The summed E-state index contributed by atoms with van der Waals surface area (Å²) in [7, 11) is 0.307. The highest BCUT2D eigenvalue weighted by atomic mass is 32.2. The molecule has 0 radical (unpaired) electrons. The third kappa shape index (κ3) is 3.41. The van der Waals surface area contributed by atoms with Crippen molar-refractivity contribution in [3.63, 3.8) is 0 Å². The number of rotatable bonds is 4. The Morgan fingerprint density at radius 3 is 2.71 bits per heavy atom. The van der Waals surface area contributed by atoms with Gasteiger partial charge in [-0.3, -0.25) is 4.21 Å². The maximum absolute atomic E-state index is 12.6. The van der Waals surface area contributed by atoms with Crippen LogP contribution in [0.25, 0.3) is 0 Å². The van der Waals surface area contributed by atoms with Crippen molar-refractivity contribution in [1.29, 1.82) is 5.26 Å².